The molecule has 1 saturated heterocycles. The number of carbonyl (C=O) groups excluding carboxylic acids is 2. The zero-order valence-electron chi connectivity index (χ0n) is 23.1. The van der Waals surface area contributed by atoms with Crippen LogP contribution in [0.5, 0.6) is 5.75 Å². The number of carboxylic acids is 1. The Labute approximate surface area is 251 Å². The van der Waals surface area contributed by atoms with Crippen LogP contribution in [0.1, 0.15) is 54.6 Å². The average molecular weight is 616 g/mol. The van der Waals surface area contributed by atoms with Gasteiger partial charge in [0.25, 0.3) is 0 Å². The highest BCUT2D eigenvalue weighted by molar-refractivity contribution is 6.30. The largest absolute Gasteiger partial charge is 0.495 e. The van der Waals surface area contributed by atoms with Crippen molar-refractivity contribution in [2.45, 2.75) is 50.6 Å². The van der Waals surface area contributed by atoms with Gasteiger partial charge in [-0.05, 0) is 53.3 Å². The van der Waals surface area contributed by atoms with E-state index in [2.05, 4.69) is 25.9 Å². The quantitative estimate of drug-likeness (QED) is 0.283. The van der Waals surface area contributed by atoms with Crippen LogP contribution in [0.2, 0.25) is 10.3 Å². The van der Waals surface area contributed by atoms with E-state index in [1.807, 2.05) is 20.8 Å². The number of carbonyl (C=O) groups is 3. The summed E-state index contributed by atoms with van der Waals surface area (Å²) in [5.74, 6) is -3.84. The van der Waals surface area contributed by atoms with Gasteiger partial charge in [0, 0.05) is 23.7 Å². The normalized spacial score (nSPS) is 23.0. The number of amides is 2. The molecule has 4 N–H and O–H groups in total. The molecule has 1 fully saturated rings. The molecule has 2 amide bonds. The lowest BCUT2D eigenvalue weighted by Crippen LogP contribution is -2.49. The van der Waals surface area contributed by atoms with Crippen LogP contribution in [-0.4, -0.2) is 52.1 Å². The van der Waals surface area contributed by atoms with Crippen molar-refractivity contribution in [3.05, 3.63) is 75.4 Å². The lowest BCUT2D eigenvalue weighted by molar-refractivity contribution is -0.122. The van der Waals surface area contributed by atoms with Crippen molar-refractivity contribution in [1.82, 2.24) is 15.3 Å². The highest BCUT2D eigenvalue weighted by Gasteiger charge is 2.67. The third-order valence-corrected chi connectivity index (χ3v) is 8.16. The molecule has 13 heteroatoms. The molecule has 0 aliphatic carbocycles. The van der Waals surface area contributed by atoms with Gasteiger partial charge in [-0.15, -0.1) is 0 Å². The van der Waals surface area contributed by atoms with Gasteiger partial charge in [0.1, 0.15) is 22.8 Å². The highest BCUT2D eigenvalue weighted by atomic mass is 35.5. The Bertz CT molecular complexity index is 1610. The third-order valence-electron chi connectivity index (χ3n) is 7.69. The fourth-order valence-corrected chi connectivity index (χ4v) is 6.37. The van der Waals surface area contributed by atoms with Crippen LogP contribution in [-0.2, 0) is 15.0 Å². The van der Waals surface area contributed by atoms with E-state index in [-0.39, 0.29) is 44.1 Å². The molecule has 4 atom stereocenters. The first kappa shape index (κ1) is 29.7. The van der Waals surface area contributed by atoms with Gasteiger partial charge in [-0.1, -0.05) is 44.5 Å². The van der Waals surface area contributed by atoms with Crippen LogP contribution in [0, 0.1) is 11.2 Å². The highest BCUT2D eigenvalue weighted by Crippen LogP contribution is 2.56. The minimum Gasteiger partial charge on any atom is -0.495 e. The van der Waals surface area contributed by atoms with E-state index in [0.29, 0.717) is 12.0 Å². The lowest BCUT2D eigenvalue weighted by atomic mass is 9.63. The van der Waals surface area contributed by atoms with Crippen LogP contribution in [0.3, 0.4) is 0 Å². The number of aromatic carboxylic acids is 1. The number of aromatic nitrogens is 2. The molecular formula is C29H28Cl2FN5O5. The van der Waals surface area contributed by atoms with E-state index < -0.39 is 47.0 Å². The number of rotatable bonds is 6. The van der Waals surface area contributed by atoms with Gasteiger partial charge in [-0.3, -0.25) is 9.59 Å². The minimum atomic E-state index is -1.53. The zero-order chi connectivity index (χ0) is 30.6. The first-order chi connectivity index (χ1) is 19.8. The number of nitrogens with one attached hydrogen (secondary N) is 3. The van der Waals surface area contributed by atoms with Crippen molar-refractivity contribution >= 4 is 52.5 Å². The molecule has 0 saturated carbocycles. The number of ether oxygens (including phenoxy) is 1. The Kier molecular flexibility index (Phi) is 7.63. The van der Waals surface area contributed by atoms with Crippen molar-refractivity contribution in [2.24, 2.45) is 5.41 Å². The number of methoxy groups -OCH3 is 1. The molecule has 2 aliphatic rings. The van der Waals surface area contributed by atoms with Crippen molar-refractivity contribution in [2.75, 3.05) is 17.7 Å². The number of fused-ring (bicyclic) bond motifs is 2. The first-order valence-electron chi connectivity index (χ1n) is 13.0. The molecule has 5 rings (SSSR count). The summed E-state index contributed by atoms with van der Waals surface area (Å²) >= 11 is 12.3. The monoisotopic (exact) mass is 615 g/mol. The van der Waals surface area contributed by atoms with Crippen molar-refractivity contribution in [1.29, 1.82) is 0 Å². The van der Waals surface area contributed by atoms with Gasteiger partial charge >= 0.3 is 5.97 Å². The molecular weight excluding hydrogens is 588 g/mol. The first-order valence-corrected chi connectivity index (χ1v) is 13.8. The number of hydrogen-bond acceptors (Lipinski definition) is 7. The van der Waals surface area contributed by atoms with Gasteiger partial charge in [0.2, 0.25) is 17.1 Å². The Morgan fingerprint density at radius 3 is 2.62 bits per heavy atom. The molecule has 220 valence electrons. The number of carboxylic acid groups (broad SMARTS) is 1. The predicted molar refractivity (Wildman–Crippen MR) is 155 cm³/mol. The maximum atomic E-state index is 15.9. The summed E-state index contributed by atoms with van der Waals surface area (Å²) in [6, 6.07) is 6.60. The molecule has 42 heavy (non-hydrogen) atoms. The molecule has 4 unspecified atom stereocenters. The van der Waals surface area contributed by atoms with Crippen molar-refractivity contribution in [3.8, 4) is 5.75 Å². The maximum Gasteiger partial charge on any atom is 0.335 e. The van der Waals surface area contributed by atoms with E-state index >= 15 is 4.39 Å². The topological polar surface area (TPSA) is 143 Å². The Balaban J connectivity index is 1.70. The van der Waals surface area contributed by atoms with Crippen LogP contribution in [0.25, 0.3) is 0 Å². The molecule has 2 aromatic carbocycles. The summed E-state index contributed by atoms with van der Waals surface area (Å²) in [4.78, 5) is 48.1. The Morgan fingerprint density at radius 1 is 1.21 bits per heavy atom. The van der Waals surface area contributed by atoms with E-state index in [9.17, 15) is 19.5 Å². The van der Waals surface area contributed by atoms with Crippen LogP contribution in [0.15, 0.2) is 42.6 Å². The minimum absolute atomic E-state index is 0.0372. The molecule has 0 bridgehead atoms. The number of hydrogen-bond donors (Lipinski definition) is 4. The van der Waals surface area contributed by atoms with Crippen molar-refractivity contribution in [3.63, 3.8) is 0 Å². The van der Waals surface area contributed by atoms with Gasteiger partial charge < -0.3 is 25.8 Å². The van der Waals surface area contributed by atoms with E-state index in [0.717, 1.165) is 0 Å². The fourth-order valence-electron chi connectivity index (χ4n) is 6.05. The Hall–Kier alpha value is -3.80. The summed E-state index contributed by atoms with van der Waals surface area (Å²) in [5, 5.41) is 18.0. The summed E-state index contributed by atoms with van der Waals surface area (Å²) in [6.07, 6.45) is 1.84. The van der Waals surface area contributed by atoms with Gasteiger partial charge in [-0.2, -0.15) is 0 Å². The maximum absolute atomic E-state index is 15.9. The second kappa shape index (κ2) is 10.8. The molecule has 3 aromatic rings. The SMILES string of the molecule is COc1cc(C(=O)O)ccc1NC(=O)C1NC(CC(C)(C)C)C2(C(=O)Nc3nc(Cl)ncc32)C1c1cccc(Cl)c1F. The summed E-state index contributed by atoms with van der Waals surface area (Å²) in [5.41, 5.74) is -1.28. The smallest absolute Gasteiger partial charge is 0.335 e. The summed E-state index contributed by atoms with van der Waals surface area (Å²) in [6.45, 7) is 5.98. The number of halogens is 3. The van der Waals surface area contributed by atoms with E-state index in [1.165, 1.54) is 43.6 Å². The molecule has 2 aliphatic heterocycles. The van der Waals surface area contributed by atoms with Crippen LogP contribution >= 0.6 is 23.2 Å². The predicted octanol–water partition coefficient (Wildman–Crippen LogP) is 5.02. The van der Waals surface area contributed by atoms with Crippen LogP contribution < -0.4 is 20.7 Å². The number of anilines is 2. The molecule has 3 heterocycles. The second-order valence-electron chi connectivity index (χ2n) is 11.5. The average Bonchev–Trinajstić information content (AvgIpc) is 3.39. The molecule has 0 radical (unpaired) electrons. The fraction of sp³-hybridized carbons (Fsp3) is 0.345. The molecule has 1 spiro atoms. The standard InChI is InChI=1S/C29H28Cl2FN5O5/c1-28(2,3)11-19-29(15-12-33-27(31)37-23(15)36-26(29)41)20(14-6-5-7-16(30)21(14)32)22(35-19)24(38)34-17-9-8-13(25(39)40)10-18(17)42-4/h5-10,12,19-20,22,35H,11H2,1-4H3,(H,34,38)(H,39,40)(H,33,36,37,41). The molecule has 1 aromatic heterocycles. The Morgan fingerprint density at radius 2 is 1.95 bits per heavy atom. The lowest BCUT2D eigenvalue weighted by Gasteiger charge is -2.37. The van der Waals surface area contributed by atoms with Gasteiger partial charge in [-0.25, -0.2) is 19.2 Å². The van der Waals surface area contributed by atoms with Crippen molar-refractivity contribution < 1.29 is 28.6 Å². The number of benzene rings is 2. The zero-order valence-corrected chi connectivity index (χ0v) is 24.6. The second-order valence-corrected chi connectivity index (χ2v) is 12.3. The van der Waals surface area contributed by atoms with E-state index in [4.69, 9.17) is 27.9 Å². The van der Waals surface area contributed by atoms with E-state index in [1.54, 1.807) is 6.07 Å². The van der Waals surface area contributed by atoms with Gasteiger partial charge in [0.15, 0.2) is 0 Å². The van der Waals surface area contributed by atoms with Gasteiger partial charge in [0.05, 0.1) is 29.4 Å². The summed E-state index contributed by atoms with van der Waals surface area (Å²) in [7, 11) is 1.34. The third kappa shape index (κ3) is 4.95. The van der Waals surface area contributed by atoms with Crippen LogP contribution in [0.4, 0.5) is 15.9 Å². The summed E-state index contributed by atoms with van der Waals surface area (Å²) < 4.78 is 21.2. The number of nitrogens with zero attached hydrogens (tertiary/aromatic N) is 2. The molecule has 10 nitrogen and oxygen atoms in total.